The molecule has 0 saturated heterocycles. The highest BCUT2D eigenvalue weighted by Gasteiger charge is 2.24. The van der Waals surface area contributed by atoms with Crippen molar-refractivity contribution >= 4 is 24.3 Å². The molecule has 0 N–H and O–H groups in total. The molecule has 0 unspecified atom stereocenters. The summed E-state index contributed by atoms with van der Waals surface area (Å²) in [4.78, 5) is 0. The molecule has 1 aromatic rings. The summed E-state index contributed by atoms with van der Waals surface area (Å²) in [6.07, 6.45) is 11.1. The molecular weight excluding hydrogens is 382 g/mol. The van der Waals surface area contributed by atoms with Gasteiger partial charge in [-0.25, -0.2) is 0 Å². The first-order valence-corrected chi connectivity index (χ1v) is 11.2. The Hall–Kier alpha value is -0.675. The second kappa shape index (κ2) is 18.4. The molecule has 1 rings (SSSR count). The molecule has 0 heterocycles. The van der Waals surface area contributed by atoms with E-state index in [0.717, 1.165) is 0 Å². The van der Waals surface area contributed by atoms with Gasteiger partial charge in [0.05, 0.1) is 26.2 Å². The number of rotatable bonds is 13. The van der Waals surface area contributed by atoms with Crippen molar-refractivity contribution in [2.24, 2.45) is 0 Å². The monoisotopic (exact) mass is 421 g/mol. The van der Waals surface area contributed by atoms with Crippen LogP contribution in [0.15, 0.2) is 24.3 Å². The van der Waals surface area contributed by atoms with Gasteiger partial charge in [0.1, 0.15) is 0 Å². The Morgan fingerprint density at radius 1 is 0.786 bits per heavy atom. The van der Waals surface area contributed by atoms with Gasteiger partial charge in [-0.15, -0.1) is 0 Å². The third-order valence-corrected chi connectivity index (χ3v) is 5.28. The van der Waals surface area contributed by atoms with Crippen LogP contribution in [-0.2, 0) is 0 Å². The van der Waals surface area contributed by atoms with Crippen molar-refractivity contribution in [1.29, 1.82) is 0 Å². The van der Waals surface area contributed by atoms with Gasteiger partial charge >= 0.3 is 7.27 Å². The molecule has 6 heteroatoms. The summed E-state index contributed by atoms with van der Waals surface area (Å²) in [5.41, 5.74) is -0.0347. The van der Waals surface area contributed by atoms with Gasteiger partial charge in [-0.2, -0.15) is 0 Å². The van der Waals surface area contributed by atoms with E-state index in [4.69, 9.17) is 11.6 Å². The molecule has 1 nitrogen and oxygen atoms in total. The Balaban J connectivity index is 0. The van der Waals surface area contributed by atoms with Crippen molar-refractivity contribution in [2.75, 3.05) is 26.2 Å². The smallest absolute Gasteiger partial charge is 0.572 e. The predicted molar refractivity (Wildman–Crippen MR) is 118 cm³/mol. The highest BCUT2D eigenvalue weighted by atomic mass is 35.5. The number of nitrogens with zero attached hydrogens (tertiary/aromatic N) is 1. The van der Waals surface area contributed by atoms with E-state index >= 15 is 0 Å². The first-order valence-electron chi connectivity index (χ1n) is 10.8. The minimum absolute atomic E-state index is 0. The summed E-state index contributed by atoms with van der Waals surface area (Å²) in [6, 6.07) is 5.67. The van der Waals surface area contributed by atoms with Crippen molar-refractivity contribution in [2.45, 2.75) is 79.1 Å². The van der Waals surface area contributed by atoms with E-state index in [2.05, 4.69) is 27.7 Å². The lowest BCUT2D eigenvalue weighted by atomic mass is 9.86. The molecule has 28 heavy (non-hydrogen) atoms. The predicted octanol–water partition coefficient (Wildman–Crippen LogP) is 3.98. The Kier molecular flexibility index (Phi) is 19.4. The van der Waals surface area contributed by atoms with Crippen LogP contribution < -0.4 is 10.2 Å². The third-order valence-electron chi connectivity index (χ3n) is 5.04. The molecule has 0 saturated carbocycles. The molecule has 0 fully saturated rings. The minimum Gasteiger partial charge on any atom is -1.00 e. The molecule has 0 amide bonds. The average molecular weight is 422 g/mol. The Bertz CT molecular complexity index is 437. The summed E-state index contributed by atoms with van der Waals surface area (Å²) in [7, 11) is -2.43. The standard InChI is InChI=1S/C16H36N.C6H4BClF2.FH/c1-5-9-13-17(14-10-6-2,15-11-7-3)16-12-8-4;8-6-3-1-2-5(4-6)7(9)10;/h5-16H2,1-4H3;1-4H;1H/q+1;;/p-1. The van der Waals surface area contributed by atoms with Gasteiger partial charge in [0.25, 0.3) is 0 Å². The second-order valence-electron chi connectivity index (χ2n) is 7.51. The maximum Gasteiger partial charge on any atom is 0.572 e. The summed E-state index contributed by atoms with van der Waals surface area (Å²) in [5, 5.41) is 0.345. The van der Waals surface area contributed by atoms with Crippen LogP contribution in [-0.4, -0.2) is 37.9 Å². The quantitative estimate of drug-likeness (QED) is 0.334. The average Bonchev–Trinajstić information content (AvgIpc) is 2.67. The minimum atomic E-state index is -2.43. The van der Waals surface area contributed by atoms with E-state index in [1.807, 2.05) is 0 Å². The molecule has 0 bridgehead atoms. The molecule has 164 valence electrons. The van der Waals surface area contributed by atoms with Gasteiger partial charge in [0.2, 0.25) is 0 Å². The van der Waals surface area contributed by atoms with Gasteiger partial charge < -0.3 is 9.19 Å². The highest BCUT2D eigenvalue weighted by molar-refractivity contribution is 6.60. The molecule has 0 spiro atoms. The van der Waals surface area contributed by atoms with Crippen LogP contribution in [0.1, 0.15) is 79.1 Å². The fourth-order valence-electron chi connectivity index (χ4n) is 3.29. The Morgan fingerprint density at radius 3 is 1.43 bits per heavy atom. The molecular formula is C22H40BClF3N. The van der Waals surface area contributed by atoms with Crippen molar-refractivity contribution < 1.29 is 17.8 Å². The van der Waals surface area contributed by atoms with Gasteiger partial charge in [-0.1, -0.05) is 77.1 Å². The summed E-state index contributed by atoms with van der Waals surface area (Å²) < 4.78 is 25.2. The highest BCUT2D eigenvalue weighted by Crippen LogP contribution is 2.16. The third kappa shape index (κ3) is 13.5. The van der Waals surface area contributed by atoms with E-state index < -0.39 is 7.27 Å². The molecule has 0 atom stereocenters. The lowest BCUT2D eigenvalue weighted by molar-refractivity contribution is -0.929. The fourth-order valence-corrected chi connectivity index (χ4v) is 3.49. The molecule has 0 aliphatic rings. The number of hydrogen-bond acceptors (Lipinski definition) is 0. The lowest BCUT2D eigenvalue weighted by Crippen LogP contribution is -3.00. The first kappa shape index (κ1) is 29.5. The van der Waals surface area contributed by atoms with E-state index in [9.17, 15) is 8.63 Å². The maximum atomic E-state index is 11.9. The SMILES string of the molecule is CCCC[N+](CCCC)(CCCC)CCCC.FB(F)c1cccc(Cl)c1.[F-]. The molecule has 0 aliphatic carbocycles. The molecule has 0 radical (unpaired) electrons. The van der Waals surface area contributed by atoms with Crippen molar-refractivity contribution in [3.8, 4) is 0 Å². The second-order valence-corrected chi connectivity index (χ2v) is 7.94. The Morgan fingerprint density at radius 2 is 1.18 bits per heavy atom. The number of quaternary nitrogens is 1. The van der Waals surface area contributed by atoms with Crippen LogP contribution in [0.3, 0.4) is 0 Å². The van der Waals surface area contributed by atoms with Crippen LogP contribution in [0.4, 0.5) is 8.63 Å². The summed E-state index contributed by atoms with van der Waals surface area (Å²) in [5.74, 6) is 0. The van der Waals surface area contributed by atoms with Crippen molar-refractivity contribution in [1.82, 2.24) is 0 Å². The Labute approximate surface area is 177 Å². The lowest BCUT2D eigenvalue weighted by Gasteiger charge is -2.39. The van der Waals surface area contributed by atoms with Gasteiger partial charge in [0, 0.05) is 5.02 Å². The summed E-state index contributed by atoms with van der Waals surface area (Å²) in [6.45, 7) is 15.0. The molecule has 0 aliphatic heterocycles. The van der Waals surface area contributed by atoms with E-state index in [1.165, 1.54) is 100 Å². The van der Waals surface area contributed by atoms with Crippen LogP contribution in [0.2, 0.25) is 5.02 Å². The normalized spacial score (nSPS) is 10.7. The van der Waals surface area contributed by atoms with E-state index in [1.54, 1.807) is 6.07 Å². The van der Waals surface area contributed by atoms with Crippen LogP contribution >= 0.6 is 11.6 Å². The zero-order valence-corrected chi connectivity index (χ0v) is 19.1. The van der Waals surface area contributed by atoms with Crippen LogP contribution in [0.25, 0.3) is 0 Å². The van der Waals surface area contributed by atoms with Crippen LogP contribution in [0.5, 0.6) is 0 Å². The first-order chi connectivity index (χ1) is 12.9. The summed E-state index contributed by atoms with van der Waals surface area (Å²) >= 11 is 5.46. The number of unbranched alkanes of at least 4 members (excludes halogenated alkanes) is 4. The van der Waals surface area contributed by atoms with Crippen LogP contribution in [0, 0.1) is 0 Å². The topological polar surface area (TPSA) is 0 Å². The number of benzene rings is 1. The maximum absolute atomic E-state index is 11.9. The van der Waals surface area contributed by atoms with Gasteiger partial charge in [0.15, 0.2) is 0 Å². The largest absolute Gasteiger partial charge is 1.00 e. The van der Waals surface area contributed by atoms with Gasteiger partial charge in [-0.3, -0.25) is 8.63 Å². The molecule has 1 aromatic carbocycles. The fraction of sp³-hybridized carbons (Fsp3) is 0.727. The molecule has 0 aromatic heterocycles. The van der Waals surface area contributed by atoms with Crippen molar-refractivity contribution in [3.63, 3.8) is 0 Å². The van der Waals surface area contributed by atoms with Gasteiger partial charge in [-0.05, 0) is 43.3 Å². The van der Waals surface area contributed by atoms with Crippen molar-refractivity contribution in [3.05, 3.63) is 29.3 Å². The zero-order valence-electron chi connectivity index (χ0n) is 18.3. The number of halogens is 4. The van der Waals surface area contributed by atoms with E-state index in [-0.39, 0.29) is 10.2 Å². The number of hydrogen-bond donors (Lipinski definition) is 0. The zero-order chi connectivity index (χ0) is 20.5. The van der Waals surface area contributed by atoms with E-state index in [0.29, 0.717) is 5.02 Å².